The first-order valence-electron chi connectivity index (χ1n) is 9.05. The molecule has 1 fully saturated rings. The van der Waals surface area contributed by atoms with E-state index in [1.165, 1.54) is 16.2 Å². The summed E-state index contributed by atoms with van der Waals surface area (Å²) in [7, 11) is 1.66. The number of hydrogen-bond donors (Lipinski definition) is 1. The largest absolute Gasteiger partial charge is 0.339 e. The number of likely N-dealkylation sites (tertiary alicyclic amines) is 1. The van der Waals surface area contributed by atoms with Crippen LogP contribution in [0.3, 0.4) is 0 Å². The van der Waals surface area contributed by atoms with Crippen molar-refractivity contribution in [1.29, 1.82) is 10.5 Å². The smallest absolute Gasteiger partial charge is 0.273 e. The Kier molecular flexibility index (Phi) is 6.53. The fourth-order valence-corrected chi connectivity index (χ4v) is 3.89. The van der Waals surface area contributed by atoms with Crippen molar-refractivity contribution in [3.63, 3.8) is 0 Å². The van der Waals surface area contributed by atoms with E-state index in [4.69, 9.17) is 10.5 Å². The van der Waals surface area contributed by atoms with Crippen LogP contribution in [0.2, 0.25) is 0 Å². The zero-order valence-corrected chi connectivity index (χ0v) is 16.4. The van der Waals surface area contributed by atoms with E-state index in [2.05, 4.69) is 26.3 Å². The molecule has 9 heteroatoms. The Balaban J connectivity index is 1.68. The van der Waals surface area contributed by atoms with Gasteiger partial charge in [0.05, 0.1) is 36.8 Å². The lowest BCUT2D eigenvalue weighted by Crippen LogP contribution is -2.27. The molecule has 0 bridgehead atoms. The van der Waals surface area contributed by atoms with E-state index < -0.39 is 0 Å². The lowest BCUT2D eigenvalue weighted by atomic mass is 10.1. The molecule has 144 valence electrons. The second kappa shape index (κ2) is 9.27. The van der Waals surface area contributed by atoms with Crippen molar-refractivity contribution in [1.82, 2.24) is 19.8 Å². The number of carbonyl (C=O) groups excluding carboxylic acids is 1. The molecule has 3 rings (SSSR count). The molecule has 1 atom stereocenters. The van der Waals surface area contributed by atoms with Crippen LogP contribution in [0, 0.1) is 22.7 Å². The molecule has 1 aliphatic rings. The van der Waals surface area contributed by atoms with E-state index in [1.807, 2.05) is 24.3 Å². The van der Waals surface area contributed by atoms with Gasteiger partial charge in [0, 0.05) is 19.0 Å². The van der Waals surface area contributed by atoms with Crippen LogP contribution in [0.4, 0.5) is 10.9 Å². The second-order valence-corrected chi connectivity index (χ2v) is 7.39. The van der Waals surface area contributed by atoms with Crippen LogP contribution in [0.25, 0.3) is 0 Å². The molecule has 0 aromatic carbocycles. The third-order valence-electron chi connectivity index (χ3n) is 4.61. The lowest BCUT2D eigenvalue weighted by molar-refractivity contribution is 0.0793. The first-order valence-corrected chi connectivity index (χ1v) is 9.93. The summed E-state index contributed by atoms with van der Waals surface area (Å²) in [6.07, 6.45) is 2.34. The minimum Gasteiger partial charge on any atom is -0.339 e. The lowest BCUT2D eigenvalue weighted by Gasteiger charge is -2.21. The van der Waals surface area contributed by atoms with Crippen LogP contribution in [-0.4, -0.2) is 52.4 Å². The van der Waals surface area contributed by atoms with Crippen LogP contribution < -0.4 is 5.32 Å². The zero-order chi connectivity index (χ0) is 19.9. The van der Waals surface area contributed by atoms with Gasteiger partial charge < -0.3 is 10.2 Å². The molecule has 28 heavy (non-hydrogen) atoms. The van der Waals surface area contributed by atoms with Gasteiger partial charge in [-0.3, -0.25) is 9.69 Å². The minimum atomic E-state index is -0.209. The van der Waals surface area contributed by atoms with Gasteiger partial charge in [-0.25, -0.2) is 9.97 Å². The molecule has 0 radical (unpaired) electrons. The fourth-order valence-electron chi connectivity index (χ4n) is 3.20. The van der Waals surface area contributed by atoms with Crippen LogP contribution in [0.15, 0.2) is 23.6 Å². The summed E-state index contributed by atoms with van der Waals surface area (Å²) in [5.74, 6) is 0.451. The fraction of sp³-hybridized carbons (Fsp3) is 0.421. The Morgan fingerprint density at radius 1 is 1.39 bits per heavy atom. The van der Waals surface area contributed by atoms with Crippen molar-refractivity contribution in [3.8, 4) is 12.1 Å². The highest BCUT2D eigenvalue weighted by atomic mass is 32.1. The number of hydrogen-bond acceptors (Lipinski definition) is 8. The summed E-state index contributed by atoms with van der Waals surface area (Å²) < 4.78 is 0. The summed E-state index contributed by atoms with van der Waals surface area (Å²) in [5.41, 5.74) is 1.28. The Labute approximate surface area is 168 Å². The van der Waals surface area contributed by atoms with E-state index >= 15 is 0 Å². The highest BCUT2D eigenvalue weighted by molar-refractivity contribution is 7.14. The molecular weight excluding hydrogens is 374 g/mol. The molecule has 1 aliphatic heterocycles. The molecule has 1 N–H and O–H groups in total. The third-order valence-corrected chi connectivity index (χ3v) is 5.37. The van der Waals surface area contributed by atoms with E-state index in [9.17, 15) is 4.79 Å². The quantitative estimate of drug-likeness (QED) is 0.718. The number of amides is 1. The van der Waals surface area contributed by atoms with Gasteiger partial charge in [0.25, 0.3) is 5.91 Å². The van der Waals surface area contributed by atoms with Crippen molar-refractivity contribution < 1.29 is 4.79 Å². The molecule has 8 nitrogen and oxygen atoms in total. The molecule has 1 amide bonds. The number of nitrogens with zero attached hydrogens (tertiary/aromatic N) is 6. The van der Waals surface area contributed by atoms with Crippen molar-refractivity contribution >= 4 is 28.2 Å². The van der Waals surface area contributed by atoms with Crippen LogP contribution in [0.5, 0.6) is 0 Å². The summed E-state index contributed by atoms with van der Waals surface area (Å²) in [5, 5.41) is 23.1. The maximum atomic E-state index is 12.3. The predicted molar refractivity (Wildman–Crippen MR) is 106 cm³/mol. The Morgan fingerprint density at radius 2 is 2.25 bits per heavy atom. The first-order chi connectivity index (χ1) is 13.6. The average Bonchev–Trinajstić information content (AvgIpc) is 3.35. The number of aromatic nitrogens is 2. The van der Waals surface area contributed by atoms with Crippen LogP contribution >= 0.6 is 11.3 Å². The summed E-state index contributed by atoms with van der Waals surface area (Å²) in [6, 6.07) is 10.2. The molecule has 1 unspecified atom stereocenters. The van der Waals surface area contributed by atoms with Crippen molar-refractivity contribution in [2.24, 2.45) is 0 Å². The van der Waals surface area contributed by atoms with Gasteiger partial charge in [0.15, 0.2) is 5.13 Å². The van der Waals surface area contributed by atoms with E-state index in [0.29, 0.717) is 29.7 Å². The maximum Gasteiger partial charge on any atom is 0.273 e. The van der Waals surface area contributed by atoms with Gasteiger partial charge in [-0.2, -0.15) is 10.5 Å². The SMILES string of the molecule is CN(CCC#N)C(=O)c1csc(Nc2cccc(C3CCCN3CC#N)n2)n1. The molecule has 2 aromatic rings. The van der Waals surface area contributed by atoms with Crippen LogP contribution in [0.1, 0.15) is 41.5 Å². The highest BCUT2D eigenvalue weighted by Gasteiger charge is 2.26. The molecule has 0 aliphatic carbocycles. The average molecular weight is 395 g/mol. The Bertz CT molecular complexity index is 913. The molecule has 0 spiro atoms. The van der Waals surface area contributed by atoms with Crippen molar-refractivity contribution in [2.45, 2.75) is 25.3 Å². The molecule has 1 saturated heterocycles. The minimum absolute atomic E-state index is 0.156. The van der Waals surface area contributed by atoms with E-state index in [-0.39, 0.29) is 18.4 Å². The normalized spacial score (nSPS) is 16.3. The Morgan fingerprint density at radius 3 is 3.04 bits per heavy atom. The maximum absolute atomic E-state index is 12.3. The first kappa shape index (κ1) is 19.7. The van der Waals surface area contributed by atoms with E-state index in [0.717, 1.165) is 25.1 Å². The van der Waals surface area contributed by atoms with Gasteiger partial charge in [-0.15, -0.1) is 11.3 Å². The monoisotopic (exact) mass is 395 g/mol. The number of rotatable bonds is 7. The molecular formula is C19H21N7OS. The standard InChI is InChI=1S/C19H21N7OS/c1-25(10-4-8-20)18(27)15-13-28-19(23-15)24-17-7-2-5-14(22-17)16-6-3-11-26(16)12-9-21/h2,5,7,13,16H,3-4,6,10-12H2,1H3,(H,22,23,24). The topological polar surface area (TPSA) is 109 Å². The number of anilines is 2. The van der Waals surface area contributed by atoms with Crippen molar-refractivity contribution in [2.75, 3.05) is 32.0 Å². The van der Waals surface area contributed by atoms with Gasteiger partial charge in [-0.1, -0.05) is 6.07 Å². The summed E-state index contributed by atoms with van der Waals surface area (Å²) in [6.45, 7) is 1.69. The predicted octanol–water partition coefficient (Wildman–Crippen LogP) is 2.93. The zero-order valence-electron chi connectivity index (χ0n) is 15.6. The van der Waals surface area contributed by atoms with Crippen LogP contribution in [-0.2, 0) is 0 Å². The molecule has 2 aromatic heterocycles. The summed E-state index contributed by atoms with van der Waals surface area (Å²) >= 11 is 1.33. The Hall–Kier alpha value is -3.01. The van der Waals surface area contributed by atoms with Crippen molar-refractivity contribution in [3.05, 3.63) is 35.0 Å². The number of carbonyl (C=O) groups is 1. The molecule has 3 heterocycles. The van der Waals surface area contributed by atoms with E-state index in [1.54, 1.807) is 12.4 Å². The van der Waals surface area contributed by atoms with Gasteiger partial charge in [0.1, 0.15) is 11.5 Å². The van der Waals surface area contributed by atoms with Gasteiger partial charge in [0.2, 0.25) is 0 Å². The van der Waals surface area contributed by atoms with Gasteiger partial charge >= 0.3 is 0 Å². The number of pyridine rings is 1. The number of thiazole rings is 1. The second-order valence-electron chi connectivity index (χ2n) is 6.53. The summed E-state index contributed by atoms with van der Waals surface area (Å²) in [4.78, 5) is 25.0. The van der Waals surface area contributed by atoms with Gasteiger partial charge in [-0.05, 0) is 31.5 Å². The highest BCUT2D eigenvalue weighted by Crippen LogP contribution is 2.31. The number of nitrogens with one attached hydrogen (secondary N) is 1. The third kappa shape index (κ3) is 4.63. The molecule has 0 saturated carbocycles. The number of nitriles is 2.